The molecular formula is C11H15N5. The topological polar surface area (TPSA) is 59.5 Å². The molecule has 0 spiro atoms. The van der Waals surface area contributed by atoms with Gasteiger partial charge in [0.15, 0.2) is 5.65 Å². The van der Waals surface area contributed by atoms with E-state index in [0.717, 1.165) is 12.2 Å². The molecule has 0 saturated carbocycles. The van der Waals surface area contributed by atoms with E-state index in [4.69, 9.17) is 5.73 Å². The number of anilines is 1. The molecule has 5 heteroatoms. The Bertz CT molecular complexity index is 518. The molecule has 0 radical (unpaired) electrons. The molecule has 1 aliphatic rings. The third-order valence-electron chi connectivity index (χ3n) is 3.28. The molecule has 0 aromatic carbocycles. The van der Waals surface area contributed by atoms with Crippen molar-refractivity contribution in [3.8, 4) is 0 Å². The van der Waals surface area contributed by atoms with E-state index in [0.29, 0.717) is 11.7 Å². The van der Waals surface area contributed by atoms with Crippen LogP contribution in [0.4, 0.5) is 5.69 Å². The van der Waals surface area contributed by atoms with Crippen molar-refractivity contribution in [3.05, 3.63) is 24.2 Å². The van der Waals surface area contributed by atoms with E-state index in [1.54, 1.807) is 16.9 Å². The van der Waals surface area contributed by atoms with Crippen molar-refractivity contribution in [2.75, 3.05) is 19.3 Å². The van der Waals surface area contributed by atoms with Crippen LogP contribution < -0.4 is 5.73 Å². The summed E-state index contributed by atoms with van der Waals surface area (Å²) in [5.74, 6) is 0. The first-order valence-corrected chi connectivity index (χ1v) is 5.55. The van der Waals surface area contributed by atoms with Crippen molar-refractivity contribution in [2.24, 2.45) is 0 Å². The molecular weight excluding hydrogens is 202 g/mol. The Morgan fingerprint density at radius 3 is 3.06 bits per heavy atom. The minimum atomic E-state index is 0.452. The summed E-state index contributed by atoms with van der Waals surface area (Å²) in [6.07, 6.45) is 7.84. The van der Waals surface area contributed by atoms with Crippen molar-refractivity contribution < 1.29 is 0 Å². The minimum absolute atomic E-state index is 0.452. The summed E-state index contributed by atoms with van der Waals surface area (Å²) < 4.78 is 1.76. The monoisotopic (exact) mass is 217 g/mol. The van der Waals surface area contributed by atoms with E-state index in [1.165, 1.54) is 18.4 Å². The quantitative estimate of drug-likeness (QED) is 0.776. The number of nitrogen functional groups attached to an aromatic ring is 1. The SMILES string of the molecule is CN1CCCC1c1cnn2cc(N)cnc12. The van der Waals surface area contributed by atoms with Crippen LogP contribution in [0.2, 0.25) is 0 Å². The Morgan fingerprint density at radius 1 is 1.44 bits per heavy atom. The average Bonchev–Trinajstić information content (AvgIpc) is 2.83. The molecule has 2 aromatic heterocycles. The first kappa shape index (κ1) is 9.59. The number of likely N-dealkylation sites (tertiary alicyclic amines) is 1. The van der Waals surface area contributed by atoms with E-state index in [2.05, 4.69) is 22.0 Å². The molecule has 1 atom stereocenters. The van der Waals surface area contributed by atoms with Crippen LogP contribution in [0.5, 0.6) is 0 Å². The predicted molar refractivity (Wildman–Crippen MR) is 62.0 cm³/mol. The summed E-state index contributed by atoms with van der Waals surface area (Å²) in [5.41, 5.74) is 8.45. The highest BCUT2D eigenvalue weighted by atomic mass is 15.3. The Labute approximate surface area is 93.9 Å². The Balaban J connectivity index is 2.10. The van der Waals surface area contributed by atoms with Gasteiger partial charge in [-0.05, 0) is 26.4 Å². The van der Waals surface area contributed by atoms with Crippen molar-refractivity contribution >= 4 is 11.3 Å². The molecule has 1 fully saturated rings. The molecule has 16 heavy (non-hydrogen) atoms. The number of hydrogen-bond donors (Lipinski definition) is 1. The van der Waals surface area contributed by atoms with Gasteiger partial charge in [-0.25, -0.2) is 9.50 Å². The summed E-state index contributed by atoms with van der Waals surface area (Å²) in [7, 11) is 2.15. The molecule has 1 aliphatic heterocycles. The highest BCUT2D eigenvalue weighted by Gasteiger charge is 2.25. The van der Waals surface area contributed by atoms with E-state index >= 15 is 0 Å². The van der Waals surface area contributed by atoms with Crippen LogP contribution in [-0.4, -0.2) is 33.1 Å². The van der Waals surface area contributed by atoms with E-state index < -0.39 is 0 Å². The van der Waals surface area contributed by atoms with Crippen molar-refractivity contribution in [1.82, 2.24) is 19.5 Å². The lowest BCUT2D eigenvalue weighted by molar-refractivity contribution is 0.319. The van der Waals surface area contributed by atoms with E-state index in [9.17, 15) is 0 Å². The van der Waals surface area contributed by atoms with Gasteiger partial charge in [0.2, 0.25) is 0 Å². The average molecular weight is 217 g/mol. The molecule has 5 nitrogen and oxygen atoms in total. The number of fused-ring (bicyclic) bond motifs is 1. The fourth-order valence-corrected chi connectivity index (χ4v) is 2.45. The highest BCUT2D eigenvalue weighted by Crippen LogP contribution is 2.32. The number of hydrogen-bond acceptors (Lipinski definition) is 4. The second kappa shape index (κ2) is 3.45. The first-order chi connectivity index (χ1) is 7.75. The number of nitrogens with two attached hydrogens (primary N) is 1. The van der Waals surface area contributed by atoms with Gasteiger partial charge in [0.05, 0.1) is 24.3 Å². The minimum Gasteiger partial charge on any atom is -0.396 e. The van der Waals surface area contributed by atoms with Gasteiger partial charge in [-0.3, -0.25) is 4.90 Å². The lowest BCUT2D eigenvalue weighted by Gasteiger charge is -2.17. The number of nitrogens with zero attached hydrogens (tertiary/aromatic N) is 4. The van der Waals surface area contributed by atoms with Gasteiger partial charge in [0, 0.05) is 11.6 Å². The summed E-state index contributed by atoms with van der Waals surface area (Å²) in [6.45, 7) is 1.15. The lowest BCUT2D eigenvalue weighted by Crippen LogP contribution is -2.17. The predicted octanol–water partition coefficient (Wildman–Crippen LogP) is 1.08. The zero-order valence-corrected chi connectivity index (χ0v) is 9.30. The number of aromatic nitrogens is 3. The molecule has 2 aromatic rings. The highest BCUT2D eigenvalue weighted by molar-refractivity contribution is 5.51. The molecule has 84 valence electrons. The normalized spacial score (nSPS) is 21.9. The molecule has 1 unspecified atom stereocenters. The Morgan fingerprint density at radius 2 is 2.31 bits per heavy atom. The molecule has 0 aliphatic carbocycles. The van der Waals surface area contributed by atoms with Crippen LogP contribution in [0.15, 0.2) is 18.6 Å². The van der Waals surface area contributed by atoms with Crippen LogP contribution >= 0.6 is 0 Å². The van der Waals surface area contributed by atoms with Crippen LogP contribution in [0.25, 0.3) is 5.65 Å². The number of rotatable bonds is 1. The largest absolute Gasteiger partial charge is 0.396 e. The Kier molecular flexibility index (Phi) is 2.07. The van der Waals surface area contributed by atoms with Crippen molar-refractivity contribution in [3.63, 3.8) is 0 Å². The van der Waals surface area contributed by atoms with Gasteiger partial charge in [-0.2, -0.15) is 5.10 Å². The van der Waals surface area contributed by atoms with Crippen LogP contribution in [0, 0.1) is 0 Å². The van der Waals surface area contributed by atoms with Crippen LogP contribution in [0.1, 0.15) is 24.4 Å². The molecule has 1 saturated heterocycles. The lowest BCUT2D eigenvalue weighted by atomic mass is 10.1. The molecule has 2 N–H and O–H groups in total. The summed E-state index contributed by atoms with van der Waals surface area (Å²) in [4.78, 5) is 6.72. The zero-order valence-electron chi connectivity index (χ0n) is 9.30. The Hall–Kier alpha value is -1.62. The fourth-order valence-electron chi connectivity index (χ4n) is 2.45. The maximum atomic E-state index is 5.68. The van der Waals surface area contributed by atoms with Crippen molar-refractivity contribution in [2.45, 2.75) is 18.9 Å². The fraction of sp³-hybridized carbons (Fsp3) is 0.455. The first-order valence-electron chi connectivity index (χ1n) is 5.55. The van der Waals surface area contributed by atoms with Gasteiger partial charge in [0.1, 0.15) is 0 Å². The third kappa shape index (κ3) is 1.36. The maximum absolute atomic E-state index is 5.68. The second-order valence-corrected chi connectivity index (χ2v) is 4.39. The van der Waals surface area contributed by atoms with Crippen molar-refractivity contribution in [1.29, 1.82) is 0 Å². The molecule has 3 heterocycles. The van der Waals surface area contributed by atoms with Gasteiger partial charge in [-0.15, -0.1) is 0 Å². The second-order valence-electron chi connectivity index (χ2n) is 4.39. The van der Waals surface area contributed by atoms with Gasteiger partial charge >= 0.3 is 0 Å². The van der Waals surface area contributed by atoms with Gasteiger partial charge < -0.3 is 5.73 Å². The molecule has 0 bridgehead atoms. The van der Waals surface area contributed by atoms with Crippen LogP contribution in [0.3, 0.4) is 0 Å². The van der Waals surface area contributed by atoms with E-state index in [-0.39, 0.29) is 0 Å². The zero-order chi connectivity index (χ0) is 11.1. The van der Waals surface area contributed by atoms with E-state index in [1.807, 2.05) is 6.20 Å². The summed E-state index contributed by atoms with van der Waals surface area (Å²) >= 11 is 0. The molecule has 3 rings (SSSR count). The smallest absolute Gasteiger partial charge is 0.159 e. The summed E-state index contributed by atoms with van der Waals surface area (Å²) in [6, 6.07) is 0.452. The standard InChI is InChI=1S/C11H15N5/c1-15-4-2-3-10(15)9-6-14-16-7-8(12)5-13-11(9)16/h5-7,10H,2-4,12H2,1H3. The third-order valence-corrected chi connectivity index (χ3v) is 3.28. The van der Waals surface area contributed by atoms with Crippen LogP contribution in [-0.2, 0) is 0 Å². The molecule has 0 amide bonds. The summed E-state index contributed by atoms with van der Waals surface area (Å²) in [5, 5.41) is 4.31. The van der Waals surface area contributed by atoms with Gasteiger partial charge in [0.25, 0.3) is 0 Å². The maximum Gasteiger partial charge on any atom is 0.159 e. The van der Waals surface area contributed by atoms with Gasteiger partial charge in [-0.1, -0.05) is 0 Å².